The summed E-state index contributed by atoms with van der Waals surface area (Å²) in [7, 11) is 0. The molecule has 0 radical (unpaired) electrons. The van der Waals surface area contributed by atoms with Gasteiger partial charge in [0.2, 0.25) is 0 Å². The Labute approximate surface area is 198 Å². The zero-order valence-corrected chi connectivity index (χ0v) is 20.3. The molecule has 0 unspecified atom stereocenters. The van der Waals surface area contributed by atoms with Crippen molar-refractivity contribution in [1.82, 2.24) is 14.7 Å². The summed E-state index contributed by atoms with van der Waals surface area (Å²) in [4.78, 5) is 5.21. The molecule has 1 fully saturated rings. The second-order valence-corrected chi connectivity index (χ2v) is 10.5. The van der Waals surface area contributed by atoms with E-state index in [1.54, 1.807) is 0 Å². The van der Waals surface area contributed by atoms with Crippen LogP contribution in [0.2, 0.25) is 5.02 Å². The zero-order chi connectivity index (χ0) is 22.2. The summed E-state index contributed by atoms with van der Waals surface area (Å²) in [6, 6.07) is 15.3. The van der Waals surface area contributed by atoms with Gasteiger partial charge in [-0.05, 0) is 80.0 Å². The van der Waals surface area contributed by atoms with Crippen LogP contribution in [0.15, 0.2) is 47.0 Å². The molecule has 0 saturated carbocycles. The fourth-order valence-electron chi connectivity index (χ4n) is 4.91. The molecule has 0 aliphatic carbocycles. The third-order valence-corrected chi connectivity index (χ3v) is 7.79. The van der Waals surface area contributed by atoms with Crippen LogP contribution in [0.4, 0.5) is 0 Å². The van der Waals surface area contributed by atoms with Gasteiger partial charge in [0.25, 0.3) is 0 Å². The summed E-state index contributed by atoms with van der Waals surface area (Å²) < 4.78 is 7.95. The lowest BCUT2D eigenvalue weighted by atomic mass is 9.99. The third-order valence-electron chi connectivity index (χ3n) is 6.49. The lowest BCUT2D eigenvalue weighted by Gasteiger charge is -2.27. The summed E-state index contributed by atoms with van der Waals surface area (Å²) in [6.45, 7) is 6.25. The van der Waals surface area contributed by atoms with Crippen molar-refractivity contribution in [3.8, 4) is 11.1 Å². The number of imidazole rings is 1. The highest BCUT2D eigenvalue weighted by molar-refractivity contribution is 7.99. The number of fused-ring (bicyclic) bond motifs is 1. The average molecular weight is 466 g/mol. The van der Waals surface area contributed by atoms with E-state index in [1.807, 2.05) is 26.0 Å². The van der Waals surface area contributed by atoms with Crippen molar-refractivity contribution < 1.29 is 4.52 Å². The smallest absolute Gasteiger partial charge is 0.141 e. The molecular weight excluding hydrogens is 438 g/mol. The number of nitrogens with zero attached hydrogens (tertiary/aromatic N) is 3. The molecule has 6 heteroatoms. The van der Waals surface area contributed by atoms with Crippen molar-refractivity contribution in [3.05, 3.63) is 70.3 Å². The van der Waals surface area contributed by atoms with Crippen LogP contribution in [0, 0.1) is 13.8 Å². The maximum Gasteiger partial charge on any atom is 0.141 e. The fourth-order valence-corrected chi connectivity index (χ4v) is 6.12. The molecule has 0 amide bonds. The Hall–Kier alpha value is -2.24. The minimum absolute atomic E-state index is 0.306. The van der Waals surface area contributed by atoms with Gasteiger partial charge in [0.15, 0.2) is 0 Å². The van der Waals surface area contributed by atoms with Crippen molar-refractivity contribution >= 4 is 34.4 Å². The van der Waals surface area contributed by atoms with Crippen molar-refractivity contribution in [2.45, 2.75) is 52.0 Å². The highest BCUT2D eigenvalue weighted by atomic mass is 35.5. The fraction of sp³-hybridized carbons (Fsp3) is 0.385. The molecule has 2 aromatic carbocycles. The Kier molecular flexibility index (Phi) is 6.04. The first-order valence-electron chi connectivity index (χ1n) is 11.3. The van der Waals surface area contributed by atoms with E-state index in [4.69, 9.17) is 21.1 Å². The summed E-state index contributed by atoms with van der Waals surface area (Å²) in [5, 5.41) is 4.92. The van der Waals surface area contributed by atoms with Crippen LogP contribution in [0.3, 0.4) is 0 Å². The minimum Gasteiger partial charge on any atom is -0.361 e. The molecule has 1 aliphatic rings. The second kappa shape index (κ2) is 8.95. The summed E-state index contributed by atoms with van der Waals surface area (Å²) >= 11 is 8.15. The third kappa shape index (κ3) is 4.08. The van der Waals surface area contributed by atoms with Gasteiger partial charge in [-0.1, -0.05) is 41.9 Å². The van der Waals surface area contributed by atoms with E-state index < -0.39 is 0 Å². The van der Waals surface area contributed by atoms with Crippen LogP contribution in [0.1, 0.15) is 54.6 Å². The Morgan fingerprint density at radius 1 is 1.12 bits per heavy atom. The highest BCUT2D eigenvalue weighted by Gasteiger charge is 2.25. The van der Waals surface area contributed by atoms with Crippen LogP contribution < -0.4 is 0 Å². The van der Waals surface area contributed by atoms with Gasteiger partial charge >= 0.3 is 0 Å². The first-order chi connectivity index (χ1) is 15.5. The van der Waals surface area contributed by atoms with Gasteiger partial charge < -0.3 is 9.09 Å². The lowest BCUT2D eigenvalue weighted by Crippen LogP contribution is -2.19. The molecule has 166 valence electrons. The topological polar surface area (TPSA) is 43.9 Å². The summed E-state index contributed by atoms with van der Waals surface area (Å²) in [5.74, 6) is 4.77. The maximum absolute atomic E-state index is 6.10. The monoisotopic (exact) mass is 465 g/mol. The number of rotatable bonds is 5. The van der Waals surface area contributed by atoms with Crippen molar-refractivity contribution in [1.29, 1.82) is 0 Å². The average Bonchev–Trinajstić information content (AvgIpc) is 3.35. The molecule has 0 spiro atoms. The molecule has 0 N–H and O–H groups in total. The van der Waals surface area contributed by atoms with Gasteiger partial charge in [-0.2, -0.15) is 11.8 Å². The maximum atomic E-state index is 6.10. The Morgan fingerprint density at radius 3 is 2.56 bits per heavy atom. The van der Waals surface area contributed by atoms with Gasteiger partial charge in [-0.3, -0.25) is 0 Å². The Balaban J connectivity index is 1.58. The molecule has 1 saturated heterocycles. The van der Waals surface area contributed by atoms with E-state index in [0.29, 0.717) is 12.0 Å². The van der Waals surface area contributed by atoms with Gasteiger partial charge in [0.05, 0.1) is 16.7 Å². The first kappa shape index (κ1) is 21.6. The van der Waals surface area contributed by atoms with Crippen LogP contribution in [0.5, 0.6) is 0 Å². The summed E-state index contributed by atoms with van der Waals surface area (Å²) in [5.41, 5.74) is 6.69. The Bertz CT molecular complexity index is 1220. The zero-order valence-electron chi connectivity index (χ0n) is 18.8. The van der Waals surface area contributed by atoms with Gasteiger partial charge in [-0.15, -0.1) is 0 Å². The molecule has 0 bridgehead atoms. The number of hydrogen-bond donors (Lipinski definition) is 0. The molecule has 3 heterocycles. The first-order valence-corrected chi connectivity index (χ1v) is 12.8. The molecule has 4 aromatic rings. The predicted molar refractivity (Wildman–Crippen MR) is 134 cm³/mol. The normalized spacial score (nSPS) is 16.0. The van der Waals surface area contributed by atoms with E-state index in [-0.39, 0.29) is 0 Å². The molecule has 4 nitrogen and oxygen atoms in total. The lowest BCUT2D eigenvalue weighted by molar-refractivity contribution is 0.393. The number of thioether (sulfide) groups is 1. The standard InChI is InChI=1S/C26H28ClN3OS/c1-16(14-19-4-7-21(27)8-5-19)26-28-23-15-20(25-17(2)29-31-18(25)3)6-9-24(23)30(26)22-10-12-32-13-11-22/h4-9,15-16,22H,10-14H2,1-3H3/t16-/m0/s1. The number of aromatic nitrogens is 3. The van der Waals surface area contributed by atoms with Gasteiger partial charge in [-0.25, -0.2) is 4.98 Å². The van der Waals surface area contributed by atoms with Crippen LogP contribution >= 0.6 is 23.4 Å². The van der Waals surface area contributed by atoms with Gasteiger partial charge in [0, 0.05) is 22.5 Å². The van der Waals surface area contributed by atoms with Crippen molar-refractivity contribution in [2.24, 2.45) is 0 Å². The van der Waals surface area contributed by atoms with E-state index in [2.05, 4.69) is 58.7 Å². The summed E-state index contributed by atoms with van der Waals surface area (Å²) in [6.07, 6.45) is 3.34. The highest BCUT2D eigenvalue weighted by Crippen LogP contribution is 2.37. The Morgan fingerprint density at radius 2 is 1.88 bits per heavy atom. The van der Waals surface area contributed by atoms with E-state index in [0.717, 1.165) is 39.5 Å². The van der Waals surface area contributed by atoms with Crippen LogP contribution in [-0.4, -0.2) is 26.2 Å². The molecule has 1 aliphatic heterocycles. The SMILES string of the molecule is Cc1noc(C)c1-c1ccc2c(c1)nc([C@@H](C)Cc1ccc(Cl)cc1)n2C1CCSCC1. The van der Waals surface area contributed by atoms with E-state index in [9.17, 15) is 0 Å². The van der Waals surface area contributed by atoms with Crippen LogP contribution in [-0.2, 0) is 6.42 Å². The number of benzene rings is 2. The second-order valence-electron chi connectivity index (χ2n) is 8.82. The van der Waals surface area contributed by atoms with E-state index >= 15 is 0 Å². The van der Waals surface area contributed by atoms with Crippen molar-refractivity contribution in [3.63, 3.8) is 0 Å². The van der Waals surface area contributed by atoms with Crippen molar-refractivity contribution in [2.75, 3.05) is 11.5 Å². The molecular formula is C26H28ClN3OS. The molecule has 2 aromatic heterocycles. The number of aryl methyl sites for hydroxylation is 2. The largest absolute Gasteiger partial charge is 0.361 e. The van der Waals surface area contributed by atoms with Crippen LogP contribution in [0.25, 0.3) is 22.2 Å². The van der Waals surface area contributed by atoms with Gasteiger partial charge in [0.1, 0.15) is 11.6 Å². The number of halogens is 1. The predicted octanol–water partition coefficient (Wildman–Crippen LogP) is 7.38. The molecule has 5 rings (SSSR count). The molecule has 32 heavy (non-hydrogen) atoms. The number of hydrogen-bond acceptors (Lipinski definition) is 4. The quantitative estimate of drug-likeness (QED) is 0.308. The minimum atomic E-state index is 0.306. The molecule has 1 atom stereocenters. The van der Waals surface area contributed by atoms with E-state index in [1.165, 1.54) is 41.3 Å².